The zero-order valence-electron chi connectivity index (χ0n) is 16.0. The van der Waals surface area contributed by atoms with Crippen molar-refractivity contribution in [2.45, 2.75) is 37.9 Å². The fourth-order valence-corrected chi connectivity index (χ4v) is 3.81. The van der Waals surface area contributed by atoms with Crippen LogP contribution in [-0.2, 0) is 0 Å². The molecule has 2 bridgehead atoms. The number of hydrogen-bond acceptors (Lipinski definition) is 5. The van der Waals surface area contributed by atoms with Gasteiger partial charge < -0.3 is 4.90 Å². The van der Waals surface area contributed by atoms with E-state index in [1.165, 1.54) is 11.0 Å². The number of nitrogens with zero attached hydrogens (tertiary/aromatic N) is 4. The summed E-state index contributed by atoms with van der Waals surface area (Å²) in [5.74, 6) is 0.266. The lowest BCUT2D eigenvalue weighted by atomic mass is 10.1. The van der Waals surface area contributed by atoms with Crippen LogP contribution in [0.15, 0.2) is 36.5 Å². The number of anilines is 3. The third kappa shape index (κ3) is 4.22. The standard InChI is InChI=1S/C20H20F3N5O2/c21-20(22,23)9-3-4-16(29)14-6-7-15-18(25-14)28(13-8-11-27(15)12-13)19(30)26-17-5-1-2-10-24-17/h1-2,5-7,10,13H,3-4,8-9,11-12H2,(H,24,26,30)/t13-/m0/s1. The Morgan fingerprint density at radius 1 is 1.20 bits per heavy atom. The highest BCUT2D eigenvalue weighted by molar-refractivity contribution is 6.05. The molecule has 0 aromatic carbocycles. The summed E-state index contributed by atoms with van der Waals surface area (Å²) in [6.07, 6.45) is -3.54. The number of hydrogen-bond donors (Lipinski definition) is 1. The van der Waals surface area contributed by atoms with Crippen molar-refractivity contribution in [2.24, 2.45) is 0 Å². The van der Waals surface area contributed by atoms with E-state index in [1.54, 1.807) is 30.5 Å². The normalized spacial score (nSPS) is 17.6. The number of nitrogens with one attached hydrogen (secondary N) is 1. The number of rotatable bonds is 5. The minimum absolute atomic E-state index is 0.0639. The van der Waals surface area contributed by atoms with Gasteiger partial charge in [-0.25, -0.2) is 14.8 Å². The first-order valence-electron chi connectivity index (χ1n) is 9.69. The predicted molar refractivity (Wildman–Crippen MR) is 105 cm³/mol. The molecule has 7 nitrogen and oxygen atoms in total. The van der Waals surface area contributed by atoms with Crippen LogP contribution in [0.5, 0.6) is 0 Å². The largest absolute Gasteiger partial charge is 0.389 e. The van der Waals surface area contributed by atoms with Gasteiger partial charge in [0, 0.05) is 32.1 Å². The number of carbonyl (C=O) groups is 2. The summed E-state index contributed by atoms with van der Waals surface area (Å²) < 4.78 is 37.1. The van der Waals surface area contributed by atoms with Gasteiger partial charge in [0.25, 0.3) is 0 Å². The third-order valence-electron chi connectivity index (χ3n) is 5.22. The van der Waals surface area contributed by atoms with E-state index < -0.39 is 24.4 Å². The molecule has 1 fully saturated rings. The molecule has 2 aliphatic heterocycles. The molecule has 0 radical (unpaired) electrons. The van der Waals surface area contributed by atoms with Gasteiger partial charge >= 0.3 is 12.2 Å². The average Bonchev–Trinajstić information content (AvgIpc) is 3.11. The van der Waals surface area contributed by atoms with E-state index in [9.17, 15) is 22.8 Å². The lowest BCUT2D eigenvalue weighted by Gasteiger charge is -2.35. The van der Waals surface area contributed by atoms with Gasteiger partial charge in [-0.05, 0) is 37.1 Å². The fourth-order valence-electron chi connectivity index (χ4n) is 3.81. The maximum absolute atomic E-state index is 13.0. The Labute approximate surface area is 170 Å². The summed E-state index contributed by atoms with van der Waals surface area (Å²) in [5.41, 5.74) is 0.792. The van der Waals surface area contributed by atoms with Crippen molar-refractivity contribution in [3.63, 3.8) is 0 Å². The molecule has 0 spiro atoms. The van der Waals surface area contributed by atoms with Crippen molar-refractivity contribution in [3.8, 4) is 0 Å². The minimum Gasteiger partial charge on any atom is -0.366 e. The molecule has 2 aromatic rings. The number of halogens is 3. The smallest absolute Gasteiger partial charge is 0.366 e. The Hall–Kier alpha value is -3.17. The lowest BCUT2D eigenvalue weighted by Crippen LogP contribution is -2.48. The van der Waals surface area contributed by atoms with Crippen LogP contribution in [0.1, 0.15) is 36.2 Å². The molecular weight excluding hydrogens is 399 g/mol. The highest BCUT2D eigenvalue weighted by Crippen LogP contribution is 2.39. The number of urea groups is 1. The van der Waals surface area contributed by atoms with Crippen molar-refractivity contribution >= 4 is 29.1 Å². The molecule has 0 aliphatic carbocycles. The van der Waals surface area contributed by atoms with Crippen LogP contribution in [0.4, 0.5) is 35.3 Å². The van der Waals surface area contributed by atoms with E-state index in [4.69, 9.17) is 0 Å². The molecule has 10 heteroatoms. The molecular formula is C20H20F3N5O2. The van der Waals surface area contributed by atoms with E-state index in [-0.39, 0.29) is 24.6 Å². The molecule has 1 N–H and O–H groups in total. The highest BCUT2D eigenvalue weighted by Gasteiger charge is 2.40. The Morgan fingerprint density at radius 2 is 2.03 bits per heavy atom. The Kier molecular flexibility index (Phi) is 5.31. The summed E-state index contributed by atoms with van der Waals surface area (Å²) in [5, 5.41) is 2.74. The maximum Gasteiger partial charge on any atom is 0.389 e. The zero-order valence-corrected chi connectivity index (χ0v) is 16.0. The van der Waals surface area contributed by atoms with Crippen LogP contribution in [0.25, 0.3) is 0 Å². The maximum atomic E-state index is 13.0. The topological polar surface area (TPSA) is 78.4 Å². The second-order valence-electron chi connectivity index (χ2n) is 7.33. The van der Waals surface area contributed by atoms with Crippen LogP contribution in [0, 0.1) is 0 Å². The van der Waals surface area contributed by atoms with E-state index >= 15 is 0 Å². The number of Topliss-reactive ketones (excluding diaryl/α,β-unsaturated/α-hetero) is 1. The second-order valence-corrected chi connectivity index (χ2v) is 7.33. The third-order valence-corrected chi connectivity index (χ3v) is 5.22. The van der Waals surface area contributed by atoms with Crippen molar-refractivity contribution in [2.75, 3.05) is 28.2 Å². The first kappa shape index (κ1) is 20.1. The molecule has 1 saturated heterocycles. The van der Waals surface area contributed by atoms with E-state index in [1.807, 2.05) is 0 Å². The van der Waals surface area contributed by atoms with Crippen LogP contribution in [-0.4, -0.2) is 47.1 Å². The molecule has 2 aromatic heterocycles. The summed E-state index contributed by atoms with van der Waals surface area (Å²) in [4.78, 5) is 37.5. The number of carbonyl (C=O) groups excluding carboxylic acids is 2. The monoisotopic (exact) mass is 419 g/mol. The van der Waals surface area contributed by atoms with Crippen LogP contribution in [0.3, 0.4) is 0 Å². The first-order chi connectivity index (χ1) is 14.3. The van der Waals surface area contributed by atoms with Crippen molar-refractivity contribution < 1.29 is 22.8 Å². The first-order valence-corrected chi connectivity index (χ1v) is 9.69. The number of alkyl halides is 3. The molecule has 4 rings (SSSR count). The molecule has 4 heterocycles. The Morgan fingerprint density at radius 3 is 2.77 bits per heavy atom. The summed E-state index contributed by atoms with van der Waals surface area (Å²) >= 11 is 0. The summed E-state index contributed by atoms with van der Waals surface area (Å²) in [7, 11) is 0. The highest BCUT2D eigenvalue weighted by atomic mass is 19.4. The molecule has 2 amide bonds. The lowest BCUT2D eigenvalue weighted by molar-refractivity contribution is -0.135. The van der Waals surface area contributed by atoms with Crippen molar-refractivity contribution in [1.82, 2.24) is 9.97 Å². The fraction of sp³-hybridized carbons (Fsp3) is 0.400. The zero-order chi connectivity index (χ0) is 21.3. The molecule has 30 heavy (non-hydrogen) atoms. The molecule has 2 aliphatic rings. The number of fused-ring (bicyclic) bond motifs is 4. The summed E-state index contributed by atoms with van der Waals surface area (Å²) in [6, 6.07) is 7.86. The van der Waals surface area contributed by atoms with Crippen molar-refractivity contribution in [1.29, 1.82) is 0 Å². The van der Waals surface area contributed by atoms with Gasteiger partial charge in [-0.15, -0.1) is 0 Å². The SMILES string of the molecule is O=C(CCCC(F)(F)F)c1ccc2c(n1)N(C(=O)Nc1ccccn1)[C@H]1CCN2C1. The van der Waals surface area contributed by atoms with E-state index in [2.05, 4.69) is 20.2 Å². The number of pyridine rings is 2. The van der Waals surface area contributed by atoms with Gasteiger partial charge in [-0.1, -0.05) is 6.07 Å². The summed E-state index contributed by atoms with van der Waals surface area (Å²) in [6.45, 7) is 1.41. The number of ketones is 1. The minimum atomic E-state index is -4.30. The van der Waals surface area contributed by atoms with E-state index in [0.29, 0.717) is 18.2 Å². The average molecular weight is 419 g/mol. The number of amides is 2. The quantitative estimate of drug-likeness (QED) is 0.741. The van der Waals surface area contributed by atoms with E-state index in [0.717, 1.165) is 18.7 Å². The van der Waals surface area contributed by atoms with Crippen LogP contribution >= 0.6 is 0 Å². The Balaban J connectivity index is 1.56. The predicted octanol–water partition coefficient (Wildman–Crippen LogP) is 4.02. The second kappa shape index (κ2) is 7.92. The molecule has 0 saturated carbocycles. The van der Waals surface area contributed by atoms with Crippen LogP contribution in [0.2, 0.25) is 0 Å². The van der Waals surface area contributed by atoms with Crippen LogP contribution < -0.4 is 15.1 Å². The molecule has 1 atom stereocenters. The van der Waals surface area contributed by atoms with Crippen molar-refractivity contribution in [3.05, 3.63) is 42.2 Å². The molecule has 0 unspecified atom stereocenters. The Bertz CT molecular complexity index is 951. The van der Waals surface area contributed by atoms with Gasteiger partial charge in [-0.2, -0.15) is 13.2 Å². The van der Waals surface area contributed by atoms with Gasteiger partial charge in [0.05, 0.1) is 11.7 Å². The number of aromatic nitrogens is 2. The van der Waals surface area contributed by atoms with Gasteiger partial charge in [0.1, 0.15) is 11.5 Å². The van der Waals surface area contributed by atoms with Gasteiger partial charge in [-0.3, -0.25) is 15.0 Å². The van der Waals surface area contributed by atoms with Gasteiger partial charge in [0.2, 0.25) is 0 Å². The van der Waals surface area contributed by atoms with Gasteiger partial charge in [0.15, 0.2) is 11.6 Å². The molecule has 158 valence electrons.